The maximum atomic E-state index is 13.3. The molecule has 1 unspecified atom stereocenters. The number of β-lactam (4-membered cyclic amide) rings is 1. The Bertz CT molecular complexity index is 1590. The number of nitro benzene ring substituents is 1. The number of halogens is 3. The summed E-state index contributed by atoms with van der Waals surface area (Å²) in [6.45, 7) is 3.42. The van der Waals surface area contributed by atoms with E-state index in [9.17, 15) is 42.5 Å². The van der Waals surface area contributed by atoms with Crippen molar-refractivity contribution in [3.05, 3.63) is 74.3 Å². The molecule has 1 fully saturated rings. The van der Waals surface area contributed by atoms with E-state index in [4.69, 9.17) is 4.74 Å². The first-order valence-corrected chi connectivity index (χ1v) is 15.4. The summed E-state index contributed by atoms with van der Waals surface area (Å²) in [5.74, 6) is -4.03. The van der Waals surface area contributed by atoms with Crippen molar-refractivity contribution in [3.63, 3.8) is 0 Å². The molecule has 3 amide bonds. The minimum absolute atomic E-state index is 0.000780. The van der Waals surface area contributed by atoms with Crippen LogP contribution < -0.4 is 10.6 Å². The van der Waals surface area contributed by atoms with Gasteiger partial charge in [0.25, 0.3) is 17.5 Å². The monoisotopic (exact) mass is 686 g/mol. The minimum Gasteiger partial charge on any atom is -0.456 e. The molecule has 2 aromatic rings. The van der Waals surface area contributed by atoms with Crippen molar-refractivity contribution >= 4 is 75.1 Å². The number of rotatable bonds is 12. The molecular weight excluding hydrogens is 666 g/mol. The number of aromatic nitrogens is 1. The van der Waals surface area contributed by atoms with Gasteiger partial charge in [0.15, 0.2) is 10.8 Å². The number of amides is 3. The average molecular weight is 687 g/mol. The summed E-state index contributed by atoms with van der Waals surface area (Å²) in [6, 6.07) is 4.27. The molecule has 2 N–H and O–H groups in total. The van der Waals surface area contributed by atoms with Gasteiger partial charge >= 0.3 is 18.1 Å². The van der Waals surface area contributed by atoms with Gasteiger partial charge in [0.1, 0.15) is 36.5 Å². The largest absolute Gasteiger partial charge is 0.471 e. The van der Waals surface area contributed by atoms with Crippen LogP contribution in [-0.2, 0) is 35.4 Å². The van der Waals surface area contributed by atoms with E-state index in [1.54, 1.807) is 10.7 Å². The first-order valence-electron chi connectivity index (χ1n) is 12.4. The van der Waals surface area contributed by atoms with Gasteiger partial charge in [-0.25, -0.2) is 9.78 Å². The smallest absolute Gasteiger partial charge is 0.456 e. The number of esters is 1. The number of thiazole rings is 1. The molecular formula is C25H21F3N6O8S3. The van der Waals surface area contributed by atoms with Crippen LogP contribution in [0, 0.1) is 10.1 Å². The maximum Gasteiger partial charge on any atom is 0.471 e. The number of thioether (sulfide) groups is 2. The number of non-ortho nitro benzene ring substituents is 1. The van der Waals surface area contributed by atoms with E-state index in [0.29, 0.717) is 34.0 Å². The molecule has 0 saturated carbocycles. The van der Waals surface area contributed by atoms with Crippen molar-refractivity contribution in [2.45, 2.75) is 24.2 Å². The Kier molecular flexibility index (Phi) is 10.5. The molecule has 238 valence electrons. The minimum atomic E-state index is -5.16. The second kappa shape index (κ2) is 14.1. The Morgan fingerprint density at radius 2 is 2.02 bits per heavy atom. The molecule has 45 heavy (non-hydrogen) atoms. The van der Waals surface area contributed by atoms with Crippen LogP contribution in [0.15, 0.2) is 58.1 Å². The molecule has 1 saturated heterocycles. The molecule has 0 spiro atoms. The molecule has 4 rings (SSSR count). The first-order chi connectivity index (χ1) is 21.3. The van der Waals surface area contributed by atoms with E-state index in [0.717, 1.165) is 7.11 Å². The zero-order valence-corrected chi connectivity index (χ0v) is 25.3. The molecule has 2 aliphatic heterocycles. The van der Waals surface area contributed by atoms with Gasteiger partial charge in [0.2, 0.25) is 0 Å². The Labute approximate surface area is 264 Å². The number of oxime groups is 1. The lowest BCUT2D eigenvalue weighted by molar-refractivity contribution is -0.384. The quantitative estimate of drug-likeness (QED) is 0.110. The van der Waals surface area contributed by atoms with Crippen LogP contribution in [0.3, 0.4) is 0 Å². The van der Waals surface area contributed by atoms with E-state index >= 15 is 0 Å². The molecule has 14 nitrogen and oxygen atoms in total. The summed E-state index contributed by atoms with van der Waals surface area (Å²) in [5.41, 5.74) is 0.230. The Balaban J connectivity index is 1.47. The lowest BCUT2D eigenvalue weighted by atomic mass is 10.0. The Morgan fingerprint density at radius 3 is 2.64 bits per heavy atom. The highest BCUT2D eigenvalue weighted by molar-refractivity contribution is 8.02. The average Bonchev–Trinajstić information content (AvgIpc) is 3.47. The van der Waals surface area contributed by atoms with Gasteiger partial charge in [-0.2, -0.15) is 13.2 Å². The number of hydrogen-bond donors (Lipinski definition) is 2. The standard InChI is InChI=1S/C25H21F3N6O8S3/c1-3-43-9-13-10-44-21-17(20(36)33(21)18(13)22(37)42-8-12-4-6-14(7-5-12)34(39)40)30-19(35)16(32-41-2)15-11-45-24(29-15)31-23(38)25(26,27)28/h3-7,11,17,21H,1,8-10H2,2H3,(H,30,35)(H,29,31,38)/t17?,21-/m1/s1. The van der Waals surface area contributed by atoms with Crippen LogP contribution in [0.25, 0.3) is 0 Å². The van der Waals surface area contributed by atoms with E-state index in [-0.39, 0.29) is 23.7 Å². The topological polar surface area (TPSA) is 182 Å². The molecule has 2 aliphatic rings. The summed E-state index contributed by atoms with van der Waals surface area (Å²) in [4.78, 5) is 70.9. The maximum absolute atomic E-state index is 13.3. The van der Waals surface area contributed by atoms with Crippen molar-refractivity contribution in [1.29, 1.82) is 0 Å². The highest BCUT2D eigenvalue weighted by Crippen LogP contribution is 2.41. The number of ether oxygens (including phenoxy) is 1. The number of nitro groups is 1. The fourth-order valence-corrected chi connectivity index (χ4v) is 6.71. The van der Waals surface area contributed by atoms with Gasteiger partial charge in [-0.05, 0) is 28.7 Å². The van der Waals surface area contributed by atoms with Gasteiger partial charge < -0.3 is 14.9 Å². The SMILES string of the molecule is C=CSCC1=C(C(=O)OCc2ccc([N+](=O)[O-])cc2)N2C(=O)C(NC(=O)C(=NOC)c3csc(NC(=O)C(F)(F)F)n3)[C@H]2SC1. The number of benzene rings is 1. The third kappa shape index (κ3) is 7.63. The molecule has 1 aromatic carbocycles. The van der Waals surface area contributed by atoms with Gasteiger partial charge in [0.05, 0.1) is 4.92 Å². The summed E-state index contributed by atoms with van der Waals surface area (Å²) < 4.78 is 43.2. The molecule has 0 radical (unpaired) electrons. The van der Waals surface area contributed by atoms with Crippen LogP contribution in [-0.4, -0.2) is 80.4 Å². The predicted octanol–water partition coefficient (Wildman–Crippen LogP) is 3.18. The van der Waals surface area contributed by atoms with Crippen LogP contribution in [0.2, 0.25) is 0 Å². The molecule has 3 heterocycles. The number of hydrogen-bond acceptors (Lipinski definition) is 13. The number of carbonyl (C=O) groups is 4. The van der Waals surface area contributed by atoms with Crippen molar-refractivity contribution in [2.24, 2.45) is 5.16 Å². The number of nitrogens with one attached hydrogen (secondary N) is 2. The number of carbonyl (C=O) groups excluding carboxylic acids is 4. The summed E-state index contributed by atoms with van der Waals surface area (Å²) in [7, 11) is 1.11. The molecule has 20 heteroatoms. The second-order valence-corrected chi connectivity index (χ2v) is 11.8. The Hall–Kier alpha value is -4.43. The van der Waals surface area contributed by atoms with Crippen molar-refractivity contribution in [2.75, 3.05) is 23.9 Å². The zero-order valence-electron chi connectivity index (χ0n) is 22.9. The fraction of sp³-hybridized carbons (Fsp3) is 0.280. The third-order valence-electron chi connectivity index (χ3n) is 6.04. The van der Waals surface area contributed by atoms with Crippen molar-refractivity contribution in [1.82, 2.24) is 15.2 Å². The zero-order chi connectivity index (χ0) is 32.9. The number of fused-ring (bicyclic) bond motifs is 1. The number of nitrogens with zero attached hydrogens (tertiary/aromatic N) is 4. The lowest BCUT2D eigenvalue weighted by Crippen LogP contribution is -2.71. The van der Waals surface area contributed by atoms with Gasteiger partial charge in [-0.1, -0.05) is 11.7 Å². The summed E-state index contributed by atoms with van der Waals surface area (Å²) in [5, 5.41) is 20.1. The summed E-state index contributed by atoms with van der Waals surface area (Å²) in [6.07, 6.45) is -5.16. The first kappa shape index (κ1) is 33.5. The summed E-state index contributed by atoms with van der Waals surface area (Å²) >= 11 is 3.17. The molecule has 0 aliphatic carbocycles. The normalized spacial score (nSPS) is 18.0. The van der Waals surface area contributed by atoms with E-state index in [1.165, 1.54) is 58.1 Å². The highest BCUT2D eigenvalue weighted by atomic mass is 32.2. The Morgan fingerprint density at radius 1 is 1.31 bits per heavy atom. The van der Waals surface area contributed by atoms with Crippen molar-refractivity contribution in [3.8, 4) is 0 Å². The number of alkyl halides is 3. The highest BCUT2D eigenvalue weighted by Gasteiger charge is 2.54. The fourth-order valence-electron chi connectivity index (χ4n) is 3.99. The van der Waals surface area contributed by atoms with Crippen LogP contribution >= 0.6 is 34.9 Å². The van der Waals surface area contributed by atoms with Crippen LogP contribution in [0.1, 0.15) is 11.3 Å². The van der Waals surface area contributed by atoms with E-state index in [2.05, 4.69) is 26.9 Å². The van der Waals surface area contributed by atoms with E-state index < -0.39 is 57.0 Å². The van der Waals surface area contributed by atoms with Crippen molar-refractivity contribution < 1.29 is 46.8 Å². The number of anilines is 1. The molecule has 0 bridgehead atoms. The molecule has 2 atom stereocenters. The van der Waals surface area contributed by atoms with Gasteiger partial charge in [-0.15, -0.1) is 34.9 Å². The van der Waals surface area contributed by atoms with Gasteiger partial charge in [-0.3, -0.25) is 34.7 Å². The third-order valence-corrected chi connectivity index (χ3v) is 8.89. The van der Waals surface area contributed by atoms with Gasteiger partial charge in [0, 0.05) is 29.0 Å². The lowest BCUT2D eigenvalue weighted by Gasteiger charge is -2.49. The molecule has 1 aromatic heterocycles. The van der Waals surface area contributed by atoms with E-state index in [1.807, 2.05) is 0 Å². The van der Waals surface area contributed by atoms with Crippen LogP contribution in [0.4, 0.5) is 24.0 Å². The van der Waals surface area contributed by atoms with Crippen LogP contribution in [0.5, 0.6) is 0 Å². The predicted molar refractivity (Wildman–Crippen MR) is 158 cm³/mol. The second-order valence-electron chi connectivity index (χ2n) is 8.90.